The van der Waals surface area contributed by atoms with E-state index in [2.05, 4.69) is 4.74 Å². The van der Waals surface area contributed by atoms with Crippen molar-refractivity contribution in [2.45, 2.75) is 6.92 Å². The van der Waals surface area contributed by atoms with Gasteiger partial charge in [0.1, 0.15) is 11.3 Å². The SMILES string of the molecule is COC(=O)c1c(N)c(OC)c(C)c(O)c1F. The lowest BCUT2D eigenvalue weighted by molar-refractivity contribution is 0.0595. The minimum Gasteiger partial charge on any atom is -0.505 e. The number of aromatic hydroxyl groups is 1. The molecule has 0 unspecified atom stereocenters. The summed E-state index contributed by atoms with van der Waals surface area (Å²) >= 11 is 0. The molecule has 0 saturated carbocycles. The van der Waals surface area contributed by atoms with Gasteiger partial charge in [-0.15, -0.1) is 0 Å². The van der Waals surface area contributed by atoms with Gasteiger partial charge in [0.2, 0.25) is 0 Å². The van der Waals surface area contributed by atoms with Crippen molar-refractivity contribution in [2.24, 2.45) is 0 Å². The normalized spacial score (nSPS) is 10.0. The maximum Gasteiger partial charge on any atom is 0.343 e. The summed E-state index contributed by atoms with van der Waals surface area (Å²) < 4.78 is 22.8. The first kappa shape index (κ1) is 12.1. The minimum atomic E-state index is -1.11. The van der Waals surface area contributed by atoms with E-state index in [1.165, 1.54) is 14.0 Å². The van der Waals surface area contributed by atoms with Gasteiger partial charge in [-0.05, 0) is 6.92 Å². The van der Waals surface area contributed by atoms with E-state index in [1.54, 1.807) is 0 Å². The second kappa shape index (κ2) is 4.26. The zero-order valence-electron chi connectivity index (χ0n) is 9.13. The number of ether oxygens (including phenoxy) is 2. The highest BCUT2D eigenvalue weighted by molar-refractivity contribution is 5.98. The minimum absolute atomic E-state index is 0.0549. The number of hydrogen-bond donors (Lipinski definition) is 2. The Balaban J connectivity index is 3.62. The summed E-state index contributed by atoms with van der Waals surface area (Å²) in [5.41, 5.74) is 4.98. The quantitative estimate of drug-likeness (QED) is 0.452. The number of hydrogen-bond acceptors (Lipinski definition) is 5. The summed E-state index contributed by atoms with van der Waals surface area (Å²) in [4.78, 5) is 11.3. The first-order valence-electron chi connectivity index (χ1n) is 4.38. The standard InChI is InChI=1S/C10H12FNO4/c1-4-8(13)6(11)5(10(14)16-3)7(12)9(4)15-2/h13H,12H2,1-3H3. The van der Waals surface area contributed by atoms with Crippen molar-refractivity contribution in [2.75, 3.05) is 20.0 Å². The third kappa shape index (κ3) is 1.62. The zero-order chi connectivity index (χ0) is 12.5. The van der Waals surface area contributed by atoms with Crippen LogP contribution in [0, 0.1) is 12.7 Å². The van der Waals surface area contributed by atoms with E-state index in [0.717, 1.165) is 7.11 Å². The molecular weight excluding hydrogens is 217 g/mol. The van der Waals surface area contributed by atoms with Crippen LogP contribution in [-0.2, 0) is 4.74 Å². The summed E-state index contributed by atoms with van der Waals surface area (Å²) in [5, 5.41) is 9.45. The van der Waals surface area contributed by atoms with Crippen molar-refractivity contribution < 1.29 is 23.8 Å². The van der Waals surface area contributed by atoms with Crippen LogP contribution in [0.15, 0.2) is 0 Å². The highest BCUT2D eigenvalue weighted by Crippen LogP contribution is 2.38. The van der Waals surface area contributed by atoms with Gasteiger partial charge in [-0.3, -0.25) is 0 Å². The Morgan fingerprint density at radius 1 is 1.44 bits per heavy atom. The van der Waals surface area contributed by atoms with E-state index in [-0.39, 0.29) is 17.0 Å². The molecule has 0 bridgehead atoms. The second-order valence-electron chi connectivity index (χ2n) is 3.10. The molecule has 0 fully saturated rings. The molecule has 0 aliphatic heterocycles. The van der Waals surface area contributed by atoms with Gasteiger partial charge in [0, 0.05) is 5.56 Å². The molecular formula is C10H12FNO4. The molecule has 0 aromatic heterocycles. The molecule has 0 spiro atoms. The molecule has 88 valence electrons. The number of nitrogens with two attached hydrogens (primary N) is 1. The predicted molar refractivity (Wildman–Crippen MR) is 55.1 cm³/mol. The molecule has 0 aliphatic carbocycles. The van der Waals surface area contributed by atoms with Gasteiger partial charge in [-0.25, -0.2) is 9.18 Å². The summed E-state index contributed by atoms with van der Waals surface area (Å²) in [6, 6.07) is 0. The number of halogens is 1. The third-order valence-electron chi connectivity index (χ3n) is 2.23. The smallest absolute Gasteiger partial charge is 0.343 e. The Morgan fingerprint density at radius 3 is 2.44 bits per heavy atom. The fourth-order valence-corrected chi connectivity index (χ4v) is 1.39. The molecule has 0 radical (unpaired) electrons. The third-order valence-corrected chi connectivity index (χ3v) is 2.23. The van der Waals surface area contributed by atoms with Crippen molar-refractivity contribution in [3.8, 4) is 11.5 Å². The van der Waals surface area contributed by atoms with Gasteiger partial charge in [-0.1, -0.05) is 0 Å². The summed E-state index contributed by atoms with van der Waals surface area (Å²) in [7, 11) is 2.39. The van der Waals surface area contributed by atoms with Crippen LogP contribution in [0.4, 0.5) is 10.1 Å². The molecule has 6 heteroatoms. The van der Waals surface area contributed by atoms with Crippen LogP contribution in [0.1, 0.15) is 15.9 Å². The maximum absolute atomic E-state index is 13.6. The van der Waals surface area contributed by atoms with Crippen LogP contribution < -0.4 is 10.5 Å². The van der Waals surface area contributed by atoms with Crippen LogP contribution >= 0.6 is 0 Å². The fourth-order valence-electron chi connectivity index (χ4n) is 1.39. The molecule has 1 aromatic rings. The van der Waals surface area contributed by atoms with Gasteiger partial charge in [0.05, 0.1) is 19.9 Å². The largest absolute Gasteiger partial charge is 0.505 e. The van der Waals surface area contributed by atoms with Crippen LogP contribution in [-0.4, -0.2) is 25.3 Å². The number of phenols is 1. The average Bonchev–Trinajstić information content (AvgIpc) is 2.27. The van der Waals surface area contributed by atoms with Crippen LogP contribution in [0.25, 0.3) is 0 Å². The van der Waals surface area contributed by atoms with Gasteiger partial charge in [-0.2, -0.15) is 0 Å². The van der Waals surface area contributed by atoms with E-state index in [9.17, 15) is 14.3 Å². The summed E-state index contributed by atoms with van der Waals surface area (Å²) in [6.07, 6.45) is 0. The molecule has 5 nitrogen and oxygen atoms in total. The Morgan fingerprint density at radius 2 is 2.00 bits per heavy atom. The molecule has 3 N–H and O–H groups in total. The van der Waals surface area contributed by atoms with Crippen LogP contribution in [0.3, 0.4) is 0 Å². The zero-order valence-corrected chi connectivity index (χ0v) is 9.13. The Labute approximate surface area is 91.6 Å². The number of phenolic OH excluding ortho intramolecular Hbond substituents is 1. The van der Waals surface area contributed by atoms with Crippen molar-refractivity contribution >= 4 is 11.7 Å². The van der Waals surface area contributed by atoms with Crippen LogP contribution in [0.2, 0.25) is 0 Å². The van der Waals surface area contributed by atoms with Crippen molar-refractivity contribution in [3.05, 3.63) is 16.9 Å². The molecule has 0 atom stereocenters. The number of esters is 1. The molecule has 16 heavy (non-hydrogen) atoms. The number of benzene rings is 1. The van der Waals surface area contributed by atoms with Gasteiger partial charge < -0.3 is 20.3 Å². The van der Waals surface area contributed by atoms with Crippen LogP contribution in [0.5, 0.6) is 11.5 Å². The van der Waals surface area contributed by atoms with E-state index in [0.29, 0.717) is 0 Å². The van der Waals surface area contributed by atoms with Crippen molar-refractivity contribution in [1.29, 1.82) is 0 Å². The lowest BCUT2D eigenvalue weighted by atomic mass is 10.1. The Kier molecular flexibility index (Phi) is 3.22. The second-order valence-corrected chi connectivity index (χ2v) is 3.10. The number of rotatable bonds is 2. The van der Waals surface area contributed by atoms with E-state index in [4.69, 9.17) is 10.5 Å². The molecule has 0 saturated heterocycles. The maximum atomic E-state index is 13.6. The monoisotopic (exact) mass is 229 g/mol. The molecule has 0 amide bonds. The first-order chi connectivity index (χ1) is 7.45. The number of carbonyl (C=O) groups is 1. The van der Waals surface area contributed by atoms with E-state index in [1.807, 2.05) is 0 Å². The lowest BCUT2D eigenvalue weighted by Gasteiger charge is -2.14. The van der Waals surface area contributed by atoms with Gasteiger partial charge >= 0.3 is 5.97 Å². The first-order valence-corrected chi connectivity index (χ1v) is 4.38. The predicted octanol–water partition coefficient (Wildman–Crippen LogP) is 1.22. The molecule has 1 aromatic carbocycles. The fraction of sp³-hybridized carbons (Fsp3) is 0.300. The highest BCUT2D eigenvalue weighted by atomic mass is 19.1. The lowest BCUT2D eigenvalue weighted by Crippen LogP contribution is -2.11. The number of methoxy groups -OCH3 is 2. The molecule has 0 aliphatic rings. The van der Waals surface area contributed by atoms with Crippen molar-refractivity contribution in [3.63, 3.8) is 0 Å². The van der Waals surface area contributed by atoms with Crippen molar-refractivity contribution in [1.82, 2.24) is 0 Å². The number of anilines is 1. The molecule has 0 heterocycles. The van der Waals surface area contributed by atoms with Gasteiger partial charge in [0.15, 0.2) is 11.6 Å². The topological polar surface area (TPSA) is 81.8 Å². The molecule has 1 rings (SSSR count). The average molecular weight is 229 g/mol. The van der Waals surface area contributed by atoms with E-state index >= 15 is 0 Å². The van der Waals surface area contributed by atoms with Gasteiger partial charge in [0.25, 0.3) is 0 Å². The summed E-state index contributed by atoms with van der Waals surface area (Å²) in [5.74, 6) is -2.70. The van der Waals surface area contributed by atoms with E-state index < -0.39 is 23.1 Å². The number of carbonyl (C=O) groups excluding carboxylic acids is 1. The Bertz CT molecular complexity index is 445. The highest BCUT2D eigenvalue weighted by Gasteiger charge is 2.26. The number of nitrogen functional groups attached to an aromatic ring is 1. The Hall–Kier alpha value is -1.98. The summed E-state index contributed by atoms with van der Waals surface area (Å²) in [6.45, 7) is 1.43.